The number of amides is 2. The fourth-order valence-corrected chi connectivity index (χ4v) is 3.23. The predicted octanol–water partition coefficient (Wildman–Crippen LogP) is 0.887. The van der Waals surface area contributed by atoms with Gasteiger partial charge in [0.05, 0.1) is 11.6 Å². The van der Waals surface area contributed by atoms with E-state index in [0.717, 1.165) is 18.7 Å². The quantitative estimate of drug-likeness (QED) is 0.888. The highest BCUT2D eigenvalue weighted by molar-refractivity contribution is 8.00. The summed E-state index contributed by atoms with van der Waals surface area (Å²) in [7, 11) is 0. The van der Waals surface area contributed by atoms with Gasteiger partial charge in [-0.25, -0.2) is 4.98 Å². The zero-order valence-electron chi connectivity index (χ0n) is 9.59. The molecular formula is C10H12N4O2S2. The number of hydrogen-bond acceptors (Lipinski definition) is 6. The van der Waals surface area contributed by atoms with Crippen molar-refractivity contribution >= 4 is 40.2 Å². The topological polar surface area (TPSA) is 75.2 Å². The number of hydrogen-bond donors (Lipinski definition) is 1. The summed E-state index contributed by atoms with van der Waals surface area (Å²) in [5, 5.41) is 3.22. The molecule has 1 aromatic rings. The van der Waals surface area contributed by atoms with Crippen LogP contribution in [0.4, 0.5) is 5.13 Å². The maximum Gasteiger partial charge on any atom is 0.245 e. The molecule has 0 unspecified atom stereocenters. The summed E-state index contributed by atoms with van der Waals surface area (Å²) < 4.78 is 4.21. The van der Waals surface area contributed by atoms with Gasteiger partial charge < -0.3 is 4.90 Å². The van der Waals surface area contributed by atoms with Crippen LogP contribution in [0, 0.1) is 0 Å². The van der Waals surface area contributed by atoms with Crippen molar-refractivity contribution in [2.45, 2.75) is 18.8 Å². The zero-order chi connectivity index (χ0) is 12.5. The smallest absolute Gasteiger partial charge is 0.245 e. The van der Waals surface area contributed by atoms with Gasteiger partial charge in [0.2, 0.25) is 16.9 Å². The highest BCUT2D eigenvalue weighted by Gasteiger charge is 2.28. The van der Waals surface area contributed by atoms with Crippen molar-refractivity contribution in [1.82, 2.24) is 14.3 Å². The standard InChI is InChI=1S/C10H12N4O2S2/c15-7(3-14-5-17-4-8(14)16)11-10-12-9(13-18-10)6-1-2-6/h6H,1-5H2,(H,11,12,13,15). The molecular weight excluding hydrogens is 272 g/mol. The summed E-state index contributed by atoms with van der Waals surface area (Å²) in [6.07, 6.45) is 2.28. The highest BCUT2D eigenvalue weighted by Crippen LogP contribution is 2.39. The van der Waals surface area contributed by atoms with Crippen molar-refractivity contribution in [2.75, 3.05) is 23.5 Å². The van der Waals surface area contributed by atoms with E-state index >= 15 is 0 Å². The molecule has 0 atom stereocenters. The molecule has 18 heavy (non-hydrogen) atoms. The molecule has 1 saturated carbocycles. The maximum atomic E-state index is 11.7. The van der Waals surface area contributed by atoms with Crippen molar-refractivity contribution in [1.29, 1.82) is 0 Å². The summed E-state index contributed by atoms with van der Waals surface area (Å²) in [5.41, 5.74) is 0. The molecule has 96 valence electrons. The minimum atomic E-state index is -0.204. The van der Waals surface area contributed by atoms with Crippen LogP contribution in [0.1, 0.15) is 24.6 Å². The number of thioether (sulfide) groups is 1. The van der Waals surface area contributed by atoms with Crippen LogP contribution in [-0.4, -0.2) is 44.2 Å². The lowest BCUT2D eigenvalue weighted by molar-refractivity contribution is -0.130. The van der Waals surface area contributed by atoms with Crippen LogP contribution in [0.25, 0.3) is 0 Å². The van der Waals surface area contributed by atoms with E-state index in [1.54, 1.807) is 4.90 Å². The molecule has 1 aliphatic carbocycles. The van der Waals surface area contributed by atoms with Gasteiger partial charge in [0, 0.05) is 17.5 Å². The van der Waals surface area contributed by atoms with Crippen LogP contribution in [0.3, 0.4) is 0 Å². The van der Waals surface area contributed by atoms with E-state index < -0.39 is 0 Å². The third kappa shape index (κ3) is 2.64. The number of anilines is 1. The van der Waals surface area contributed by atoms with Gasteiger partial charge in [0.25, 0.3) is 0 Å². The van der Waals surface area contributed by atoms with Crippen LogP contribution in [0.15, 0.2) is 0 Å². The van der Waals surface area contributed by atoms with Crippen LogP contribution < -0.4 is 5.32 Å². The SMILES string of the molecule is O=C(CN1CSCC1=O)Nc1nc(C2CC2)ns1. The molecule has 2 amide bonds. The normalized spacial score (nSPS) is 19.3. The van der Waals surface area contributed by atoms with Gasteiger partial charge in [0.15, 0.2) is 0 Å². The highest BCUT2D eigenvalue weighted by atomic mass is 32.2. The van der Waals surface area contributed by atoms with E-state index in [9.17, 15) is 9.59 Å². The van der Waals surface area contributed by atoms with Crippen molar-refractivity contribution < 1.29 is 9.59 Å². The van der Waals surface area contributed by atoms with E-state index in [2.05, 4.69) is 14.7 Å². The molecule has 1 aliphatic heterocycles. The third-order valence-corrected chi connectivity index (χ3v) is 4.38. The average Bonchev–Trinajstić information content (AvgIpc) is 2.97. The summed E-state index contributed by atoms with van der Waals surface area (Å²) in [6.45, 7) is 0.101. The van der Waals surface area contributed by atoms with Crippen molar-refractivity contribution in [3.8, 4) is 0 Å². The van der Waals surface area contributed by atoms with Crippen LogP contribution in [-0.2, 0) is 9.59 Å². The number of carbonyl (C=O) groups is 2. The van der Waals surface area contributed by atoms with Gasteiger partial charge in [-0.1, -0.05) is 0 Å². The summed E-state index contributed by atoms with van der Waals surface area (Å²) >= 11 is 2.73. The first-order valence-corrected chi connectivity index (χ1v) is 7.64. The van der Waals surface area contributed by atoms with E-state index in [1.165, 1.54) is 23.3 Å². The number of nitrogens with zero attached hydrogens (tertiary/aromatic N) is 3. The Hall–Kier alpha value is -1.15. The predicted molar refractivity (Wildman–Crippen MR) is 69.6 cm³/mol. The van der Waals surface area contributed by atoms with Gasteiger partial charge in [-0.05, 0) is 12.8 Å². The second-order valence-electron chi connectivity index (χ2n) is 4.35. The molecule has 6 nitrogen and oxygen atoms in total. The van der Waals surface area contributed by atoms with Crippen LogP contribution >= 0.6 is 23.3 Å². The van der Waals surface area contributed by atoms with E-state index in [0.29, 0.717) is 22.7 Å². The number of carbonyl (C=O) groups excluding carboxylic acids is 2. The Balaban J connectivity index is 1.54. The molecule has 8 heteroatoms. The molecule has 2 fully saturated rings. The fraction of sp³-hybridized carbons (Fsp3) is 0.600. The van der Waals surface area contributed by atoms with E-state index in [1.807, 2.05) is 0 Å². The zero-order valence-corrected chi connectivity index (χ0v) is 11.2. The van der Waals surface area contributed by atoms with Crippen molar-refractivity contribution in [3.63, 3.8) is 0 Å². The molecule has 3 rings (SSSR count). The summed E-state index contributed by atoms with van der Waals surface area (Å²) in [6, 6.07) is 0. The Morgan fingerprint density at radius 3 is 3.00 bits per heavy atom. The Kier molecular flexibility index (Phi) is 3.21. The third-order valence-electron chi connectivity index (χ3n) is 2.79. The lowest BCUT2D eigenvalue weighted by Gasteiger charge is -2.12. The first-order chi connectivity index (χ1) is 8.72. The number of aromatic nitrogens is 2. The van der Waals surface area contributed by atoms with E-state index in [4.69, 9.17) is 0 Å². The molecule has 2 heterocycles. The Labute approximate surface area is 112 Å². The van der Waals surface area contributed by atoms with Crippen LogP contribution in [0.5, 0.6) is 0 Å². The molecule has 0 radical (unpaired) electrons. The van der Waals surface area contributed by atoms with Gasteiger partial charge in [-0.2, -0.15) is 4.37 Å². The summed E-state index contributed by atoms with van der Waals surface area (Å²) in [5.74, 6) is 2.20. The summed E-state index contributed by atoms with van der Waals surface area (Å²) in [4.78, 5) is 28.9. The second-order valence-corrected chi connectivity index (χ2v) is 6.06. The van der Waals surface area contributed by atoms with Gasteiger partial charge in [-0.3, -0.25) is 14.9 Å². The monoisotopic (exact) mass is 284 g/mol. The first-order valence-electron chi connectivity index (χ1n) is 5.71. The minimum absolute atomic E-state index is 0.0195. The van der Waals surface area contributed by atoms with Gasteiger partial charge in [-0.15, -0.1) is 11.8 Å². The molecule has 1 saturated heterocycles. The van der Waals surface area contributed by atoms with Crippen molar-refractivity contribution in [2.24, 2.45) is 0 Å². The minimum Gasteiger partial charge on any atom is -0.323 e. The Bertz CT molecular complexity index is 486. The average molecular weight is 284 g/mol. The number of rotatable bonds is 4. The maximum absolute atomic E-state index is 11.7. The Morgan fingerprint density at radius 1 is 1.50 bits per heavy atom. The molecule has 0 aromatic carbocycles. The largest absolute Gasteiger partial charge is 0.323 e. The Morgan fingerprint density at radius 2 is 2.33 bits per heavy atom. The van der Waals surface area contributed by atoms with Crippen LogP contribution in [0.2, 0.25) is 0 Å². The number of nitrogens with one attached hydrogen (secondary N) is 1. The lowest BCUT2D eigenvalue weighted by atomic mass is 10.4. The molecule has 1 aromatic heterocycles. The van der Waals surface area contributed by atoms with E-state index in [-0.39, 0.29) is 18.4 Å². The molecule has 0 bridgehead atoms. The molecule has 2 aliphatic rings. The molecule has 0 spiro atoms. The lowest BCUT2D eigenvalue weighted by Crippen LogP contribution is -2.34. The van der Waals surface area contributed by atoms with Crippen molar-refractivity contribution in [3.05, 3.63) is 5.82 Å². The molecule has 1 N–H and O–H groups in total. The van der Waals surface area contributed by atoms with Gasteiger partial charge in [0.1, 0.15) is 12.4 Å². The second kappa shape index (κ2) is 4.85. The fourth-order valence-electron chi connectivity index (χ4n) is 1.67. The van der Waals surface area contributed by atoms with Gasteiger partial charge >= 0.3 is 0 Å². The first kappa shape index (κ1) is 11.9.